The van der Waals surface area contributed by atoms with E-state index in [0.717, 1.165) is 18.9 Å². The maximum Gasteiger partial charge on any atom is 0.306 e. The lowest BCUT2D eigenvalue weighted by Gasteiger charge is -2.29. The van der Waals surface area contributed by atoms with Gasteiger partial charge in [0, 0.05) is 6.54 Å². The number of carboxylic acid groups (broad SMARTS) is 1. The average molecular weight is 244 g/mol. The van der Waals surface area contributed by atoms with Crippen molar-refractivity contribution in [1.82, 2.24) is 10.2 Å². The van der Waals surface area contributed by atoms with E-state index in [1.165, 1.54) is 25.9 Å². The summed E-state index contributed by atoms with van der Waals surface area (Å²) in [5.74, 6) is -0.176. The van der Waals surface area contributed by atoms with Gasteiger partial charge < -0.3 is 20.4 Å². The maximum absolute atomic E-state index is 10.3. The molecule has 1 unspecified atom stereocenters. The zero-order chi connectivity index (χ0) is 12.7. The molecule has 0 aromatic rings. The van der Waals surface area contributed by atoms with E-state index in [1.807, 2.05) is 0 Å². The molecule has 0 aromatic carbocycles. The van der Waals surface area contributed by atoms with Crippen LogP contribution < -0.4 is 5.32 Å². The molecule has 0 radical (unpaired) electrons. The largest absolute Gasteiger partial charge is 0.481 e. The van der Waals surface area contributed by atoms with Gasteiger partial charge in [0.25, 0.3) is 0 Å². The molecule has 5 heteroatoms. The van der Waals surface area contributed by atoms with Gasteiger partial charge in [-0.05, 0) is 51.9 Å². The van der Waals surface area contributed by atoms with Crippen LogP contribution in [0.25, 0.3) is 0 Å². The number of hydrogen-bond donors (Lipinski definition) is 3. The van der Waals surface area contributed by atoms with Crippen molar-refractivity contribution >= 4 is 5.97 Å². The molecule has 1 aliphatic heterocycles. The number of aliphatic carboxylic acids is 1. The summed E-state index contributed by atoms with van der Waals surface area (Å²) in [5.41, 5.74) is 0. The van der Waals surface area contributed by atoms with Gasteiger partial charge >= 0.3 is 5.97 Å². The minimum absolute atomic E-state index is 0.179. The van der Waals surface area contributed by atoms with Crippen molar-refractivity contribution in [2.45, 2.75) is 31.8 Å². The van der Waals surface area contributed by atoms with Crippen LogP contribution in [0.4, 0.5) is 0 Å². The molecule has 3 N–H and O–H groups in total. The first-order valence-electron chi connectivity index (χ1n) is 6.37. The van der Waals surface area contributed by atoms with Gasteiger partial charge in [0.15, 0.2) is 0 Å². The lowest BCUT2D eigenvalue weighted by atomic mass is 9.94. The number of nitrogens with one attached hydrogen (secondary N) is 1. The third-order valence-electron chi connectivity index (χ3n) is 3.36. The van der Waals surface area contributed by atoms with Crippen LogP contribution in [-0.4, -0.2) is 60.4 Å². The number of hydrogen-bond acceptors (Lipinski definition) is 4. The van der Waals surface area contributed by atoms with Crippen molar-refractivity contribution in [2.75, 3.05) is 33.2 Å². The van der Waals surface area contributed by atoms with Crippen LogP contribution in [0.15, 0.2) is 0 Å². The Morgan fingerprint density at radius 2 is 2.12 bits per heavy atom. The average Bonchev–Trinajstić information content (AvgIpc) is 2.26. The van der Waals surface area contributed by atoms with Crippen molar-refractivity contribution in [3.05, 3.63) is 0 Å². The molecular weight excluding hydrogens is 220 g/mol. The first kappa shape index (κ1) is 14.4. The first-order chi connectivity index (χ1) is 8.08. The van der Waals surface area contributed by atoms with E-state index in [4.69, 9.17) is 5.11 Å². The highest BCUT2D eigenvalue weighted by molar-refractivity contribution is 5.67. The predicted octanol–water partition coefficient (Wildman–Crippen LogP) is 0.143. The van der Waals surface area contributed by atoms with Crippen molar-refractivity contribution in [3.8, 4) is 0 Å². The monoisotopic (exact) mass is 244 g/mol. The highest BCUT2D eigenvalue weighted by Gasteiger charge is 2.16. The summed E-state index contributed by atoms with van der Waals surface area (Å²) in [7, 11) is 2.15. The van der Waals surface area contributed by atoms with Crippen LogP contribution >= 0.6 is 0 Å². The summed E-state index contributed by atoms with van der Waals surface area (Å²) < 4.78 is 0. The van der Waals surface area contributed by atoms with E-state index in [2.05, 4.69) is 17.3 Å². The summed E-state index contributed by atoms with van der Waals surface area (Å²) in [6.07, 6.45) is 2.66. The molecule has 1 aliphatic rings. The normalized spacial score (nSPS) is 20.4. The lowest BCUT2D eigenvalue weighted by Crippen LogP contribution is -2.33. The number of aliphatic hydroxyl groups is 1. The van der Waals surface area contributed by atoms with Crippen LogP contribution in [0.5, 0.6) is 0 Å². The summed E-state index contributed by atoms with van der Waals surface area (Å²) in [6, 6.07) is 0. The van der Waals surface area contributed by atoms with Crippen LogP contribution in [0.3, 0.4) is 0 Å². The van der Waals surface area contributed by atoms with Gasteiger partial charge in [-0.15, -0.1) is 0 Å². The highest BCUT2D eigenvalue weighted by atomic mass is 16.4. The molecule has 0 spiro atoms. The van der Waals surface area contributed by atoms with Crippen molar-refractivity contribution in [1.29, 1.82) is 0 Å². The fraction of sp³-hybridized carbons (Fsp3) is 0.917. The zero-order valence-corrected chi connectivity index (χ0v) is 10.6. The molecule has 0 saturated carbocycles. The number of aliphatic hydroxyl groups excluding tert-OH is 1. The van der Waals surface area contributed by atoms with Crippen molar-refractivity contribution in [3.63, 3.8) is 0 Å². The molecule has 0 aliphatic carbocycles. The number of likely N-dealkylation sites (tertiary alicyclic amines) is 1. The summed E-state index contributed by atoms with van der Waals surface area (Å²) in [4.78, 5) is 12.7. The van der Waals surface area contributed by atoms with Gasteiger partial charge in [0.2, 0.25) is 0 Å². The van der Waals surface area contributed by atoms with E-state index in [1.54, 1.807) is 0 Å². The molecule has 1 heterocycles. The molecular formula is C12H24N2O3. The number of carbonyl (C=O) groups is 1. The molecule has 17 heavy (non-hydrogen) atoms. The lowest BCUT2D eigenvalue weighted by molar-refractivity contribution is -0.139. The predicted molar refractivity (Wildman–Crippen MR) is 66.0 cm³/mol. The maximum atomic E-state index is 10.3. The molecule has 0 aromatic heterocycles. The quantitative estimate of drug-likeness (QED) is 0.556. The van der Waals surface area contributed by atoms with Crippen LogP contribution in [0, 0.1) is 5.92 Å². The third-order valence-corrected chi connectivity index (χ3v) is 3.36. The second-order valence-corrected chi connectivity index (χ2v) is 4.99. The van der Waals surface area contributed by atoms with Crippen LogP contribution in [0.2, 0.25) is 0 Å². The van der Waals surface area contributed by atoms with Crippen LogP contribution in [-0.2, 0) is 4.79 Å². The minimum atomic E-state index is -0.949. The second-order valence-electron chi connectivity index (χ2n) is 4.99. The summed E-state index contributed by atoms with van der Waals surface area (Å²) >= 11 is 0. The van der Waals surface area contributed by atoms with Gasteiger partial charge in [0.1, 0.15) is 0 Å². The molecule has 5 nitrogen and oxygen atoms in total. The Morgan fingerprint density at radius 3 is 2.71 bits per heavy atom. The number of nitrogens with zero attached hydrogens (tertiary/aromatic N) is 1. The molecule has 0 bridgehead atoms. The minimum Gasteiger partial charge on any atom is -0.481 e. The molecule has 1 fully saturated rings. The Balaban J connectivity index is 1.98. The Hall–Kier alpha value is -0.650. The van der Waals surface area contributed by atoms with Gasteiger partial charge in [-0.25, -0.2) is 0 Å². The summed E-state index contributed by atoms with van der Waals surface area (Å²) in [5, 5.41) is 20.9. The zero-order valence-electron chi connectivity index (χ0n) is 10.6. The van der Waals surface area contributed by atoms with Gasteiger partial charge in [-0.3, -0.25) is 4.79 Å². The van der Waals surface area contributed by atoms with E-state index < -0.39 is 12.1 Å². The Bertz CT molecular complexity index is 228. The number of rotatable bonds is 7. The first-order valence-corrected chi connectivity index (χ1v) is 6.37. The van der Waals surface area contributed by atoms with Gasteiger partial charge in [-0.1, -0.05) is 0 Å². The Kier molecular flexibility index (Phi) is 6.47. The van der Waals surface area contributed by atoms with E-state index in [9.17, 15) is 9.90 Å². The fourth-order valence-corrected chi connectivity index (χ4v) is 2.20. The van der Waals surface area contributed by atoms with E-state index in [0.29, 0.717) is 6.54 Å². The molecule has 1 rings (SSSR count). The smallest absolute Gasteiger partial charge is 0.306 e. The van der Waals surface area contributed by atoms with Crippen LogP contribution in [0.1, 0.15) is 25.7 Å². The Labute approximate surface area is 103 Å². The number of carboxylic acids is 1. The molecule has 0 amide bonds. The Morgan fingerprint density at radius 1 is 1.47 bits per heavy atom. The molecule has 1 saturated heterocycles. The second kappa shape index (κ2) is 7.63. The van der Waals surface area contributed by atoms with Crippen molar-refractivity contribution in [2.24, 2.45) is 5.92 Å². The molecule has 1 atom stereocenters. The van der Waals surface area contributed by atoms with E-state index in [-0.39, 0.29) is 6.42 Å². The molecule has 100 valence electrons. The highest BCUT2D eigenvalue weighted by Crippen LogP contribution is 2.18. The third kappa shape index (κ3) is 6.61. The SMILES string of the molecule is CN1CCC(CCNCC(O)CC(=O)O)CC1. The van der Waals surface area contributed by atoms with Gasteiger partial charge in [0.05, 0.1) is 12.5 Å². The van der Waals surface area contributed by atoms with Crippen molar-refractivity contribution < 1.29 is 15.0 Å². The topological polar surface area (TPSA) is 72.8 Å². The standard InChI is InChI=1S/C12H24N2O3/c1-14-6-3-10(4-7-14)2-5-13-9-11(15)8-12(16)17/h10-11,13,15H,2-9H2,1H3,(H,16,17). The van der Waals surface area contributed by atoms with Gasteiger partial charge in [-0.2, -0.15) is 0 Å². The summed E-state index contributed by atoms with van der Waals surface area (Å²) in [6.45, 7) is 3.59. The number of piperidine rings is 1. The van der Waals surface area contributed by atoms with E-state index >= 15 is 0 Å². The fourth-order valence-electron chi connectivity index (χ4n) is 2.20.